The Bertz CT molecular complexity index is 771. The number of anilines is 1. The number of para-hydroxylation sites is 1. The summed E-state index contributed by atoms with van der Waals surface area (Å²) in [7, 11) is 1.72. The van der Waals surface area contributed by atoms with Gasteiger partial charge in [0.15, 0.2) is 0 Å². The number of piperazine rings is 1. The van der Waals surface area contributed by atoms with Crippen LogP contribution in [-0.4, -0.2) is 37.6 Å². The molecule has 2 aromatic rings. The van der Waals surface area contributed by atoms with Crippen molar-refractivity contribution in [2.24, 2.45) is 0 Å². The molecule has 0 atom stereocenters. The highest BCUT2D eigenvalue weighted by Crippen LogP contribution is 2.30. The SMILES string of the molecule is COc1cc(C)c(CN2CCN(c3ccccc3)C(=O)C2)cc1C(C)C. The van der Waals surface area contributed by atoms with Gasteiger partial charge in [-0.3, -0.25) is 9.69 Å². The first-order chi connectivity index (χ1) is 12.5. The lowest BCUT2D eigenvalue weighted by Crippen LogP contribution is -2.50. The molecule has 0 radical (unpaired) electrons. The van der Waals surface area contributed by atoms with Crippen LogP contribution in [0.5, 0.6) is 5.75 Å². The van der Waals surface area contributed by atoms with E-state index >= 15 is 0 Å². The van der Waals surface area contributed by atoms with E-state index < -0.39 is 0 Å². The molecule has 0 saturated carbocycles. The predicted molar refractivity (Wildman–Crippen MR) is 106 cm³/mol. The first-order valence-electron chi connectivity index (χ1n) is 9.24. The number of rotatable bonds is 5. The summed E-state index contributed by atoms with van der Waals surface area (Å²) >= 11 is 0. The third-order valence-electron chi connectivity index (χ3n) is 5.07. The van der Waals surface area contributed by atoms with E-state index in [-0.39, 0.29) is 5.91 Å². The summed E-state index contributed by atoms with van der Waals surface area (Å²) in [5, 5.41) is 0. The van der Waals surface area contributed by atoms with Crippen LogP contribution in [0.2, 0.25) is 0 Å². The van der Waals surface area contributed by atoms with Crippen LogP contribution in [0.15, 0.2) is 42.5 Å². The summed E-state index contributed by atoms with van der Waals surface area (Å²) in [6.45, 7) is 9.34. The molecule has 0 unspecified atom stereocenters. The molecule has 4 nitrogen and oxygen atoms in total. The Balaban J connectivity index is 1.73. The van der Waals surface area contributed by atoms with Crippen LogP contribution in [-0.2, 0) is 11.3 Å². The normalized spacial score (nSPS) is 15.6. The number of hydrogen-bond donors (Lipinski definition) is 0. The van der Waals surface area contributed by atoms with Crippen molar-refractivity contribution in [3.05, 3.63) is 59.2 Å². The van der Waals surface area contributed by atoms with E-state index in [4.69, 9.17) is 4.74 Å². The highest BCUT2D eigenvalue weighted by atomic mass is 16.5. The van der Waals surface area contributed by atoms with E-state index in [1.807, 2.05) is 35.2 Å². The van der Waals surface area contributed by atoms with Crippen molar-refractivity contribution in [1.82, 2.24) is 4.90 Å². The molecule has 0 N–H and O–H groups in total. The fourth-order valence-corrected chi connectivity index (χ4v) is 3.52. The van der Waals surface area contributed by atoms with Gasteiger partial charge in [-0.15, -0.1) is 0 Å². The second kappa shape index (κ2) is 7.92. The largest absolute Gasteiger partial charge is 0.496 e. The zero-order valence-electron chi connectivity index (χ0n) is 16.2. The molecule has 4 heteroatoms. The van der Waals surface area contributed by atoms with Crippen LogP contribution in [0.25, 0.3) is 0 Å². The molecule has 0 spiro atoms. The van der Waals surface area contributed by atoms with E-state index in [1.54, 1.807) is 7.11 Å². The molecule has 1 heterocycles. The number of methoxy groups -OCH3 is 1. The quantitative estimate of drug-likeness (QED) is 0.816. The number of nitrogens with zero attached hydrogens (tertiary/aromatic N) is 2. The van der Waals surface area contributed by atoms with Gasteiger partial charge in [0, 0.05) is 25.3 Å². The fourth-order valence-electron chi connectivity index (χ4n) is 3.52. The van der Waals surface area contributed by atoms with Crippen molar-refractivity contribution >= 4 is 11.6 Å². The maximum Gasteiger partial charge on any atom is 0.241 e. The van der Waals surface area contributed by atoms with Gasteiger partial charge in [0.1, 0.15) is 5.75 Å². The second-order valence-corrected chi connectivity index (χ2v) is 7.27. The fraction of sp³-hybridized carbons (Fsp3) is 0.409. The number of amides is 1. The lowest BCUT2D eigenvalue weighted by molar-refractivity contribution is -0.121. The minimum absolute atomic E-state index is 0.165. The van der Waals surface area contributed by atoms with Gasteiger partial charge in [-0.05, 0) is 47.7 Å². The Morgan fingerprint density at radius 2 is 1.85 bits per heavy atom. The Morgan fingerprint density at radius 1 is 1.12 bits per heavy atom. The molecule has 26 heavy (non-hydrogen) atoms. The molecule has 1 aliphatic rings. The Kier molecular flexibility index (Phi) is 5.62. The summed E-state index contributed by atoms with van der Waals surface area (Å²) in [4.78, 5) is 16.7. The number of carbonyl (C=O) groups is 1. The van der Waals surface area contributed by atoms with E-state index in [1.165, 1.54) is 16.7 Å². The van der Waals surface area contributed by atoms with E-state index in [0.29, 0.717) is 12.5 Å². The Hall–Kier alpha value is -2.33. The van der Waals surface area contributed by atoms with Crippen LogP contribution < -0.4 is 9.64 Å². The molecule has 1 amide bonds. The molecule has 1 aliphatic heterocycles. The number of ether oxygens (including phenoxy) is 1. The summed E-state index contributed by atoms with van der Waals surface area (Å²) < 4.78 is 5.54. The smallest absolute Gasteiger partial charge is 0.241 e. The lowest BCUT2D eigenvalue weighted by Gasteiger charge is -2.34. The van der Waals surface area contributed by atoms with Gasteiger partial charge in [-0.25, -0.2) is 0 Å². The minimum atomic E-state index is 0.165. The van der Waals surface area contributed by atoms with E-state index in [9.17, 15) is 4.79 Å². The van der Waals surface area contributed by atoms with Crippen molar-refractivity contribution in [2.75, 3.05) is 31.6 Å². The third kappa shape index (κ3) is 3.91. The van der Waals surface area contributed by atoms with Crippen molar-refractivity contribution in [1.29, 1.82) is 0 Å². The maximum atomic E-state index is 12.6. The standard InChI is InChI=1S/C22H28N2O2/c1-16(2)20-13-18(17(3)12-21(20)26-4)14-23-10-11-24(22(25)15-23)19-8-6-5-7-9-19/h5-9,12-13,16H,10-11,14-15H2,1-4H3. The average molecular weight is 352 g/mol. The van der Waals surface area contributed by atoms with Crippen LogP contribution in [0, 0.1) is 6.92 Å². The van der Waals surface area contributed by atoms with E-state index in [0.717, 1.165) is 31.1 Å². The highest BCUT2D eigenvalue weighted by molar-refractivity contribution is 5.95. The van der Waals surface area contributed by atoms with Gasteiger partial charge < -0.3 is 9.64 Å². The zero-order chi connectivity index (χ0) is 18.7. The summed E-state index contributed by atoms with van der Waals surface area (Å²) in [6.07, 6.45) is 0. The molecular formula is C22H28N2O2. The molecule has 3 rings (SSSR count). The third-order valence-corrected chi connectivity index (χ3v) is 5.07. The minimum Gasteiger partial charge on any atom is -0.496 e. The van der Waals surface area contributed by atoms with Crippen molar-refractivity contribution in [2.45, 2.75) is 33.2 Å². The molecule has 1 fully saturated rings. The highest BCUT2D eigenvalue weighted by Gasteiger charge is 2.25. The van der Waals surface area contributed by atoms with Crippen LogP contribution in [0.1, 0.15) is 36.5 Å². The lowest BCUT2D eigenvalue weighted by atomic mass is 9.96. The molecular weight excluding hydrogens is 324 g/mol. The van der Waals surface area contributed by atoms with Crippen molar-refractivity contribution < 1.29 is 9.53 Å². The molecule has 0 aliphatic carbocycles. The Morgan fingerprint density at radius 3 is 2.46 bits per heavy atom. The van der Waals surface area contributed by atoms with Crippen LogP contribution in [0.4, 0.5) is 5.69 Å². The summed E-state index contributed by atoms with van der Waals surface area (Å²) in [6, 6.07) is 14.3. The molecule has 1 saturated heterocycles. The second-order valence-electron chi connectivity index (χ2n) is 7.27. The zero-order valence-corrected chi connectivity index (χ0v) is 16.2. The molecule has 0 aromatic heterocycles. The summed E-state index contributed by atoms with van der Waals surface area (Å²) in [5.41, 5.74) is 4.70. The number of hydrogen-bond acceptors (Lipinski definition) is 3. The summed E-state index contributed by atoms with van der Waals surface area (Å²) in [5.74, 6) is 1.52. The van der Waals surface area contributed by atoms with Crippen LogP contribution in [0.3, 0.4) is 0 Å². The first kappa shape index (κ1) is 18.5. The molecule has 138 valence electrons. The maximum absolute atomic E-state index is 12.6. The Labute approximate surface area is 156 Å². The monoisotopic (exact) mass is 352 g/mol. The topological polar surface area (TPSA) is 32.8 Å². The van der Waals surface area contributed by atoms with E-state index in [2.05, 4.69) is 37.8 Å². The molecule has 0 bridgehead atoms. The van der Waals surface area contributed by atoms with Gasteiger partial charge in [-0.1, -0.05) is 38.1 Å². The van der Waals surface area contributed by atoms with Crippen molar-refractivity contribution in [3.8, 4) is 5.75 Å². The van der Waals surface area contributed by atoms with Gasteiger partial charge in [0.2, 0.25) is 5.91 Å². The van der Waals surface area contributed by atoms with Gasteiger partial charge in [0.25, 0.3) is 0 Å². The van der Waals surface area contributed by atoms with Gasteiger partial charge >= 0.3 is 0 Å². The molecule has 2 aromatic carbocycles. The number of carbonyl (C=O) groups excluding carboxylic acids is 1. The number of benzene rings is 2. The van der Waals surface area contributed by atoms with Gasteiger partial charge in [0.05, 0.1) is 13.7 Å². The predicted octanol–water partition coefficient (Wildman–Crippen LogP) is 3.98. The average Bonchev–Trinajstić information content (AvgIpc) is 2.63. The van der Waals surface area contributed by atoms with Crippen molar-refractivity contribution in [3.63, 3.8) is 0 Å². The number of aryl methyl sites for hydroxylation is 1. The first-order valence-corrected chi connectivity index (χ1v) is 9.24. The van der Waals surface area contributed by atoms with Gasteiger partial charge in [-0.2, -0.15) is 0 Å². The van der Waals surface area contributed by atoms with Crippen LogP contribution >= 0.6 is 0 Å².